The van der Waals surface area contributed by atoms with E-state index in [1.165, 1.54) is 4.31 Å². The molecule has 3 rings (SSSR count). The quantitative estimate of drug-likeness (QED) is 0.720. The number of hydrogen-bond donors (Lipinski definition) is 0. The number of ether oxygens (including phenoxy) is 2. The Balaban J connectivity index is 1.54. The number of esters is 1. The second-order valence-corrected chi connectivity index (χ2v) is 9.75. The minimum Gasteiger partial charge on any atom is -0.461 e. The molecule has 0 radical (unpaired) electrons. The van der Waals surface area contributed by atoms with Crippen LogP contribution in [0.15, 0.2) is 0 Å². The Kier molecular flexibility index (Phi) is 4.48. The lowest BCUT2D eigenvalue weighted by molar-refractivity contribution is -0.213. The molecule has 3 aliphatic rings. The largest absolute Gasteiger partial charge is 0.461 e. The summed E-state index contributed by atoms with van der Waals surface area (Å²) < 4.78 is 36.8. The van der Waals surface area contributed by atoms with Gasteiger partial charge in [0.1, 0.15) is 6.10 Å². The first-order chi connectivity index (χ1) is 10.8. The van der Waals surface area contributed by atoms with Crippen LogP contribution in [0.25, 0.3) is 0 Å². The third kappa shape index (κ3) is 2.91. The van der Waals surface area contributed by atoms with E-state index in [2.05, 4.69) is 13.8 Å². The van der Waals surface area contributed by atoms with Gasteiger partial charge >= 0.3 is 5.97 Å². The van der Waals surface area contributed by atoms with E-state index in [1.54, 1.807) is 6.92 Å². The Bertz CT molecular complexity index is 565. The maximum absolute atomic E-state index is 12.5. The van der Waals surface area contributed by atoms with E-state index in [9.17, 15) is 13.2 Å². The normalized spacial score (nSPS) is 34.7. The van der Waals surface area contributed by atoms with E-state index in [0.717, 1.165) is 13.0 Å². The van der Waals surface area contributed by atoms with Crippen molar-refractivity contribution in [3.8, 4) is 0 Å². The van der Waals surface area contributed by atoms with Crippen molar-refractivity contribution in [3.05, 3.63) is 0 Å². The molecule has 2 saturated heterocycles. The molecule has 0 amide bonds. The first-order valence-electron chi connectivity index (χ1n) is 8.57. The number of rotatable bonds is 4. The molecule has 0 aromatic heterocycles. The molecular weight excluding hydrogens is 318 g/mol. The first-order valence-corrected chi connectivity index (χ1v) is 10.2. The van der Waals surface area contributed by atoms with Gasteiger partial charge in [-0.25, -0.2) is 12.7 Å². The molecule has 0 aromatic carbocycles. The number of fused-ring (bicyclic) bond motifs is 1. The molecule has 1 aliphatic carbocycles. The Morgan fingerprint density at radius 2 is 1.91 bits per heavy atom. The number of carbonyl (C=O) groups is 1. The van der Waals surface area contributed by atoms with E-state index in [0.29, 0.717) is 31.8 Å². The summed E-state index contributed by atoms with van der Waals surface area (Å²) in [5, 5.41) is 0. The van der Waals surface area contributed by atoms with Gasteiger partial charge in [0, 0.05) is 31.0 Å². The lowest BCUT2D eigenvalue weighted by Gasteiger charge is -2.53. The van der Waals surface area contributed by atoms with Crippen LogP contribution in [-0.4, -0.2) is 56.3 Å². The Hall–Kier alpha value is -0.660. The highest BCUT2D eigenvalue weighted by Gasteiger charge is 2.61. The van der Waals surface area contributed by atoms with Crippen LogP contribution in [0.3, 0.4) is 0 Å². The van der Waals surface area contributed by atoms with Crippen molar-refractivity contribution in [2.45, 2.75) is 52.2 Å². The predicted molar refractivity (Wildman–Crippen MR) is 85.3 cm³/mol. The van der Waals surface area contributed by atoms with Crippen molar-refractivity contribution < 1.29 is 22.7 Å². The van der Waals surface area contributed by atoms with Gasteiger partial charge in [0.15, 0.2) is 0 Å². The number of sulfonamides is 1. The van der Waals surface area contributed by atoms with Crippen LogP contribution in [0.5, 0.6) is 0 Å². The van der Waals surface area contributed by atoms with Gasteiger partial charge in [-0.1, -0.05) is 13.8 Å². The van der Waals surface area contributed by atoms with Gasteiger partial charge in [-0.2, -0.15) is 0 Å². The molecule has 1 saturated carbocycles. The van der Waals surface area contributed by atoms with Crippen molar-refractivity contribution in [1.82, 2.24) is 4.31 Å². The highest BCUT2D eigenvalue weighted by atomic mass is 32.2. The zero-order valence-corrected chi connectivity index (χ0v) is 15.0. The van der Waals surface area contributed by atoms with Crippen molar-refractivity contribution in [2.75, 3.05) is 25.4 Å². The fourth-order valence-corrected chi connectivity index (χ4v) is 5.42. The summed E-state index contributed by atoms with van der Waals surface area (Å²) in [6.45, 7) is 7.41. The van der Waals surface area contributed by atoms with Gasteiger partial charge in [-0.3, -0.25) is 4.79 Å². The summed E-state index contributed by atoms with van der Waals surface area (Å²) in [4.78, 5) is 12.5. The molecule has 23 heavy (non-hydrogen) atoms. The topological polar surface area (TPSA) is 72.9 Å². The fraction of sp³-hybridized carbons (Fsp3) is 0.938. The summed E-state index contributed by atoms with van der Waals surface area (Å²) in [5.74, 6) is 0.0912. The van der Waals surface area contributed by atoms with Crippen LogP contribution >= 0.6 is 0 Å². The van der Waals surface area contributed by atoms with Crippen molar-refractivity contribution in [3.63, 3.8) is 0 Å². The van der Waals surface area contributed by atoms with Crippen LogP contribution in [0.2, 0.25) is 0 Å². The maximum Gasteiger partial charge on any atom is 0.309 e. The van der Waals surface area contributed by atoms with E-state index >= 15 is 0 Å². The highest BCUT2D eigenvalue weighted by molar-refractivity contribution is 7.89. The number of nitrogens with zero attached hydrogens (tertiary/aromatic N) is 1. The molecule has 0 bridgehead atoms. The summed E-state index contributed by atoms with van der Waals surface area (Å²) in [6.07, 6.45) is 2.20. The van der Waals surface area contributed by atoms with E-state index in [1.807, 2.05) is 0 Å². The van der Waals surface area contributed by atoms with E-state index < -0.39 is 10.0 Å². The van der Waals surface area contributed by atoms with Gasteiger partial charge in [0.25, 0.3) is 0 Å². The van der Waals surface area contributed by atoms with Crippen molar-refractivity contribution in [2.24, 2.45) is 17.3 Å². The van der Waals surface area contributed by atoms with E-state index in [4.69, 9.17) is 9.47 Å². The third-order valence-electron chi connectivity index (χ3n) is 5.78. The van der Waals surface area contributed by atoms with Crippen LogP contribution in [0.1, 0.15) is 40.0 Å². The van der Waals surface area contributed by atoms with Crippen molar-refractivity contribution in [1.29, 1.82) is 0 Å². The molecule has 0 aromatic rings. The molecule has 0 unspecified atom stereocenters. The van der Waals surface area contributed by atoms with Gasteiger partial charge in [-0.15, -0.1) is 0 Å². The minimum absolute atomic E-state index is 0.0695. The first kappa shape index (κ1) is 17.2. The van der Waals surface area contributed by atoms with Gasteiger partial charge in [-0.05, 0) is 26.2 Å². The molecule has 2 heterocycles. The second kappa shape index (κ2) is 6.01. The molecule has 2 aliphatic heterocycles. The summed E-state index contributed by atoms with van der Waals surface area (Å²) in [6, 6.07) is 0. The van der Waals surface area contributed by atoms with Crippen LogP contribution in [-0.2, 0) is 24.3 Å². The Labute approximate surface area is 138 Å². The highest BCUT2D eigenvalue weighted by Crippen LogP contribution is 2.54. The Morgan fingerprint density at radius 3 is 2.52 bits per heavy atom. The number of hydrogen-bond acceptors (Lipinski definition) is 5. The molecule has 0 N–H and O–H groups in total. The Morgan fingerprint density at radius 1 is 1.26 bits per heavy atom. The zero-order valence-electron chi connectivity index (χ0n) is 14.2. The molecule has 0 spiro atoms. The SMILES string of the molecule is CCS(=O)(=O)N1CCC(C(=O)O[C@@H]2[C@H]3CCO[C@H]3C2(C)C)CC1. The average Bonchev–Trinajstić information content (AvgIpc) is 2.99. The van der Waals surface area contributed by atoms with Crippen molar-refractivity contribution >= 4 is 16.0 Å². The summed E-state index contributed by atoms with van der Waals surface area (Å²) in [5.41, 5.74) is -0.122. The molecule has 132 valence electrons. The lowest BCUT2D eigenvalue weighted by Crippen LogP contribution is -2.61. The molecule has 7 heteroatoms. The smallest absolute Gasteiger partial charge is 0.309 e. The molecular formula is C16H27NO5S. The van der Waals surface area contributed by atoms with Gasteiger partial charge in [0.2, 0.25) is 10.0 Å². The lowest BCUT2D eigenvalue weighted by atomic mass is 9.59. The number of carbonyl (C=O) groups excluding carboxylic acids is 1. The van der Waals surface area contributed by atoms with E-state index in [-0.39, 0.29) is 35.3 Å². The number of piperidine rings is 1. The molecule has 6 nitrogen and oxygen atoms in total. The second-order valence-electron chi connectivity index (χ2n) is 7.50. The van der Waals surface area contributed by atoms with Gasteiger partial charge < -0.3 is 9.47 Å². The third-order valence-corrected chi connectivity index (χ3v) is 7.66. The monoisotopic (exact) mass is 345 g/mol. The predicted octanol–water partition coefficient (Wildman–Crippen LogP) is 1.40. The average molecular weight is 345 g/mol. The molecule has 3 atom stereocenters. The zero-order chi connectivity index (χ0) is 16.8. The standard InChI is InChI=1S/C16H27NO5S/c1-4-23(19,20)17-8-5-11(6-9-17)15(18)22-14-12-7-10-21-13(12)16(14,2)3/h11-14H,4-10H2,1-3H3/t12-,13+,14+/m0/s1. The van der Waals surface area contributed by atoms with Crippen LogP contribution < -0.4 is 0 Å². The fourth-order valence-electron chi connectivity index (χ4n) is 4.29. The maximum atomic E-state index is 12.5. The van der Waals surface area contributed by atoms with Crippen LogP contribution in [0.4, 0.5) is 0 Å². The van der Waals surface area contributed by atoms with Crippen LogP contribution in [0, 0.1) is 17.3 Å². The van der Waals surface area contributed by atoms with Gasteiger partial charge in [0.05, 0.1) is 17.8 Å². The summed E-state index contributed by atoms with van der Waals surface area (Å²) >= 11 is 0. The molecule has 3 fully saturated rings. The summed E-state index contributed by atoms with van der Waals surface area (Å²) in [7, 11) is -3.15. The minimum atomic E-state index is -3.15.